The quantitative estimate of drug-likeness (QED) is 0.642. The van der Waals surface area contributed by atoms with Gasteiger partial charge in [-0.05, 0) is 52.4 Å². The first-order valence-corrected chi connectivity index (χ1v) is 11.8. The number of nitrogens with one attached hydrogen (secondary N) is 1. The number of nitrogens with zero attached hydrogens (tertiary/aromatic N) is 2. The van der Waals surface area contributed by atoms with Crippen LogP contribution in [0.2, 0.25) is 0 Å². The summed E-state index contributed by atoms with van der Waals surface area (Å²) in [7, 11) is 0. The van der Waals surface area contributed by atoms with Gasteiger partial charge in [-0.15, -0.1) is 0 Å². The lowest BCUT2D eigenvalue weighted by molar-refractivity contribution is -0.118. The Morgan fingerprint density at radius 2 is 1.73 bits per heavy atom. The summed E-state index contributed by atoms with van der Waals surface area (Å²) in [5.74, 6) is 0.576. The van der Waals surface area contributed by atoms with Gasteiger partial charge in [0.2, 0.25) is 5.91 Å². The molecule has 33 heavy (non-hydrogen) atoms. The first-order valence-electron chi connectivity index (χ1n) is 11.8. The predicted molar refractivity (Wildman–Crippen MR) is 128 cm³/mol. The van der Waals surface area contributed by atoms with E-state index in [0.29, 0.717) is 49.5 Å². The van der Waals surface area contributed by atoms with Gasteiger partial charge in [0.05, 0.1) is 18.9 Å². The Labute approximate surface area is 193 Å². The van der Waals surface area contributed by atoms with E-state index in [-0.39, 0.29) is 17.6 Å². The van der Waals surface area contributed by atoms with Gasteiger partial charge in [-0.1, -0.05) is 36.4 Å². The third kappa shape index (κ3) is 4.09. The molecule has 6 heteroatoms. The van der Waals surface area contributed by atoms with Crippen molar-refractivity contribution in [2.45, 2.75) is 6.54 Å². The van der Waals surface area contributed by atoms with Gasteiger partial charge >= 0.3 is 0 Å². The molecular weight excluding hydrogens is 417 g/mol. The fraction of sp³-hybridized carbons (Fsp3) is 0.370. The molecule has 3 fully saturated rings. The fourth-order valence-corrected chi connectivity index (χ4v) is 5.60. The first-order chi connectivity index (χ1) is 16.2. The number of anilines is 2. The summed E-state index contributed by atoms with van der Waals surface area (Å²) in [4.78, 5) is 17.2. The molecule has 5 nitrogen and oxygen atoms in total. The Bertz CT molecular complexity index is 1180. The lowest BCUT2D eigenvalue weighted by atomic mass is 10.1. The molecule has 2 aliphatic heterocycles. The van der Waals surface area contributed by atoms with Crippen LogP contribution < -0.4 is 10.2 Å². The summed E-state index contributed by atoms with van der Waals surface area (Å²) in [6.07, 6.45) is 0. The Hall–Kier alpha value is -2.96. The van der Waals surface area contributed by atoms with Gasteiger partial charge in [0, 0.05) is 44.3 Å². The molecule has 3 aromatic rings. The average molecular weight is 446 g/mol. The van der Waals surface area contributed by atoms with E-state index in [4.69, 9.17) is 4.74 Å². The molecule has 2 atom stereocenters. The Morgan fingerprint density at radius 3 is 2.48 bits per heavy atom. The van der Waals surface area contributed by atoms with E-state index in [1.807, 2.05) is 4.90 Å². The number of piperidine rings is 1. The number of ether oxygens (including phenoxy) is 1. The summed E-state index contributed by atoms with van der Waals surface area (Å²) in [6, 6.07) is 20.1. The molecule has 0 spiro atoms. The zero-order valence-corrected chi connectivity index (χ0v) is 18.5. The maximum absolute atomic E-state index is 14.6. The maximum atomic E-state index is 14.6. The number of halogens is 1. The minimum atomic E-state index is -0.299. The molecule has 2 heterocycles. The smallest absolute Gasteiger partial charge is 0.228 e. The minimum absolute atomic E-state index is 0.0221. The number of amides is 1. The molecule has 3 aromatic carbocycles. The highest BCUT2D eigenvalue weighted by Crippen LogP contribution is 2.52. The molecule has 2 saturated heterocycles. The number of fused-ring (bicyclic) bond motifs is 2. The molecule has 6 rings (SSSR count). The number of benzene rings is 3. The van der Waals surface area contributed by atoms with Gasteiger partial charge < -0.3 is 15.0 Å². The summed E-state index contributed by atoms with van der Waals surface area (Å²) in [5, 5.41) is 5.48. The number of carbonyl (C=O) groups excluding carboxylic acids is 1. The van der Waals surface area contributed by atoms with E-state index in [0.717, 1.165) is 19.6 Å². The first kappa shape index (κ1) is 20.6. The minimum Gasteiger partial charge on any atom is -0.378 e. The second-order valence-electron chi connectivity index (χ2n) is 9.48. The molecule has 2 unspecified atom stereocenters. The van der Waals surface area contributed by atoms with Gasteiger partial charge in [-0.25, -0.2) is 4.39 Å². The topological polar surface area (TPSA) is 44.8 Å². The number of hydrogen-bond acceptors (Lipinski definition) is 4. The van der Waals surface area contributed by atoms with Crippen molar-refractivity contribution < 1.29 is 13.9 Å². The van der Waals surface area contributed by atoms with Gasteiger partial charge in [0.25, 0.3) is 0 Å². The van der Waals surface area contributed by atoms with Crippen molar-refractivity contribution in [2.75, 3.05) is 49.6 Å². The van der Waals surface area contributed by atoms with Crippen molar-refractivity contribution in [3.63, 3.8) is 0 Å². The van der Waals surface area contributed by atoms with Crippen LogP contribution in [-0.4, -0.2) is 50.2 Å². The molecular formula is C27H28FN3O2. The van der Waals surface area contributed by atoms with E-state index < -0.39 is 0 Å². The van der Waals surface area contributed by atoms with E-state index >= 15 is 0 Å². The SMILES string of the molecule is O=C(Nc1ccc(N2CCOCC2)c(F)c1)C1C2CN(Cc3ccc4ccccc4c3)CC21. The number of rotatable bonds is 5. The zero-order chi connectivity index (χ0) is 22.4. The number of likely N-dealkylation sites (tertiary alicyclic amines) is 1. The standard InChI is InChI=1S/C27H28FN3O2/c28-24-14-21(7-8-25(24)31-9-11-33-12-10-31)29-27(32)26-22-16-30(17-23(22)26)15-18-5-6-19-3-1-2-4-20(19)13-18/h1-8,13-14,22-23,26H,9-12,15-17H2,(H,29,32). The van der Waals surface area contributed by atoms with E-state index in [1.54, 1.807) is 12.1 Å². The number of morpholine rings is 1. The van der Waals surface area contributed by atoms with Crippen molar-refractivity contribution in [2.24, 2.45) is 17.8 Å². The summed E-state index contributed by atoms with van der Waals surface area (Å²) in [6.45, 7) is 5.40. The van der Waals surface area contributed by atoms with Crippen LogP contribution in [0, 0.1) is 23.6 Å². The van der Waals surface area contributed by atoms with E-state index in [2.05, 4.69) is 52.7 Å². The summed E-state index contributed by atoms with van der Waals surface area (Å²) < 4.78 is 20.0. The van der Waals surface area contributed by atoms with Crippen LogP contribution in [-0.2, 0) is 16.1 Å². The van der Waals surface area contributed by atoms with Gasteiger partial charge in [-0.3, -0.25) is 9.69 Å². The maximum Gasteiger partial charge on any atom is 0.228 e. The summed E-state index contributed by atoms with van der Waals surface area (Å²) >= 11 is 0. The lowest BCUT2D eigenvalue weighted by Gasteiger charge is -2.29. The highest BCUT2D eigenvalue weighted by Gasteiger charge is 2.59. The zero-order valence-electron chi connectivity index (χ0n) is 18.5. The second kappa shape index (κ2) is 8.43. The van der Waals surface area contributed by atoms with Crippen LogP contribution in [0.25, 0.3) is 10.8 Å². The number of carbonyl (C=O) groups is 1. The number of hydrogen-bond donors (Lipinski definition) is 1. The van der Waals surface area contributed by atoms with Gasteiger partial charge in [0.15, 0.2) is 0 Å². The molecule has 1 amide bonds. The molecule has 0 aromatic heterocycles. The second-order valence-corrected chi connectivity index (χ2v) is 9.48. The van der Waals surface area contributed by atoms with Crippen molar-refractivity contribution in [1.29, 1.82) is 0 Å². The third-order valence-electron chi connectivity index (χ3n) is 7.36. The Kier molecular flexibility index (Phi) is 5.27. The van der Waals surface area contributed by atoms with Crippen LogP contribution >= 0.6 is 0 Å². The molecule has 0 radical (unpaired) electrons. The van der Waals surface area contributed by atoms with Crippen LogP contribution in [0.4, 0.5) is 15.8 Å². The van der Waals surface area contributed by atoms with Crippen molar-refractivity contribution in [3.8, 4) is 0 Å². The normalized spacial score (nSPS) is 24.6. The van der Waals surface area contributed by atoms with Gasteiger partial charge in [-0.2, -0.15) is 0 Å². The highest BCUT2D eigenvalue weighted by atomic mass is 19.1. The van der Waals surface area contributed by atoms with Crippen LogP contribution in [0.5, 0.6) is 0 Å². The Balaban J connectivity index is 1.04. The molecule has 3 aliphatic rings. The highest BCUT2D eigenvalue weighted by molar-refractivity contribution is 5.95. The fourth-order valence-electron chi connectivity index (χ4n) is 5.60. The molecule has 0 bridgehead atoms. The van der Waals surface area contributed by atoms with Crippen molar-refractivity contribution in [3.05, 3.63) is 72.0 Å². The summed E-state index contributed by atoms with van der Waals surface area (Å²) in [5.41, 5.74) is 2.42. The molecule has 170 valence electrons. The van der Waals surface area contributed by atoms with Gasteiger partial charge in [0.1, 0.15) is 5.82 Å². The predicted octanol–water partition coefficient (Wildman–Crippen LogP) is 4.13. The Morgan fingerprint density at radius 1 is 0.970 bits per heavy atom. The lowest BCUT2D eigenvalue weighted by Crippen LogP contribution is -2.36. The van der Waals surface area contributed by atoms with Crippen molar-refractivity contribution >= 4 is 28.1 Å². The van der Waals surface area contributed by atoms with Crippen LogP contribution in [0.15, 0.2) is 60.7 Å². The van der Waals surface area contributed by atoms with Crippen LogP contribution in [0.1, 0.15) is 5.56 Å². The van der Waals surface area contributed by atoms with Crippen LogP contribution in [0.3, 0.4) is 0 Å². The molecule has 1 saturated carbocycles. The molecule has 1 aliphatic carbocycles. The largest absolute Gasteiger partial charge is 0.378 e. The van der Waals surface area contributed by atoms with Crippen molar-refractivity contribution in [1.82, 2.24) is 4.90 Å². The monoisotopic (exact) mass is 445 g/mol. The average Bonchev–Trinajstić information content (AvgIpc) is 3.35. The molecule has 1 N–H and O–H groups in total. The van der Waals surface area contributed by atoms with E-state index in [1.165, 1.54) is 22.4 Å². The third-order valence-corrected chi connectivity index (χ3v) is 7.36. The van der Waals surface area contributed by atoms with E-state index in [9.17, 15) is 9.18 Å².